The highest BCUT2D eigenvalue weighted by Crippen LogP contribution is 2.36. The summed E-state index contributed by atoms with van der Waals surface area (Å²) in [5.74, 6) is -0.153. The molecule has 2 rings (SSSR count). The maximum atomic E-state index is 12.0. The third-order valence-corrected chi connectivity index (χ3v) is 4.42. The third kappa shape index (κ3) is 4.00. The number of esters is 1. The van der Waals surface area contributed by atoms with Gasteiger partial charge in [-0.1, -0.05) is 18.2 Å². The molecular weight excluding hydrogens is 274 g/mol. The number of benzene rings is 1. The van der Waals surface area contributed by atoms with E-state index in [1.165, 1.54) is 10.5 Å². The fraction of sp³-hybridized carbons (Fsp3) is 0.467. The molecule has 1 heterocycles. The largest absolute Gasteiger partial charge is 0.466 e. The summed E-state index contributed by atoms with van der Waals surface area (Å²) in [6.45, 7) is 2.71. The molecule has 20 heavy (non-hydrogen) atoms. The Morgan fingerprint density at radius 1 is 1.40 bits per heavy atom. The highest BCUT2D eigenvalue weighted by molar-refractivity contribution is 8.01. The lowest BCUT2D eigenvalue weighted by Crippen LogP contribution is -2.33. The van der Waals surface area contributed by atoms with Gasteiger partial charge >= 0.3 is 5.97 Å². The fourth-order valence-corrected chi connectivity index (χ4v) is 3.34. The average molecular weight is 293 g/mol. The van der Waals surface area contributed by atoms with Crippen molar-refractivity contribution >= 4 is 23.6 Å². The van der Waals surface area contributed by atoms with E-state index in [0.29, 0.717) is 26.0 Å². The zero-order valence-electron chi connectivity index (χ0n) is 11.6. The Labute approximate surface area is 123 Å². The van der Waals surface area contributed by atoms with Gasteiger partial charge in [0, 0.05) is 17.9 Å². The first-order valence-corrected chi connectivity index (χ1v) is 7.76. The van der Waals surface area contributed by atoms with Crippen LogP contribution in [0.4, 0.5) is 0 Å². The van der Waals surface area contributed by atoms with Gasteiger partial charge in [-0.15, -0.1) is 11.8 Å². The van der Waals surface area contributed by atoms with Gasteiger partial charge in [-0.05, 0) is 31.4 Å². The molecule has 1 aromatic rings. The van der Waals surface area contributed by atoms with Crippen LogP contribution in [0.3, 0.4) is 0 Å². The predicted molar refractivity (Wildman–Crippen MR) is 78.7 cm³/mol. The topological polar surface area (TPSA) is 55.4 Å². The van der Waals surface area contributed by atoms with Gasteiger partial charge < -0.3 is 10.1 Å². The maximum Gasteiger partial charge on any atom is 0.305 e. The second-order valence-corrected chi connectivity index (χ2v) is 5.86. The first-order valence-electron chi connectivity index (χ1n) is 6.88. The zero-order valence-corrected chi connectivity index (χ0v) is 12.4. The molecule has 1 atom stereocenters. The van der Waals surface area contributed by atoms with E-state index in [1.54, 1.807) is 18.7 Å². The minimum Gasteiger partial charge on any atom is -0.466 e. The van der Waals surface area contributed by atoms with Crippen LogP contribution in [0.5, 0.6) is 0 Å². The second kappa shape index (κ2) is 7.33. The minimum atomic E-state index is -0.204. The van der Waals surface area contributed by atoms with Gasteiger partial charge in [-0.3, -0.25) is 9.59 Å². The zero-order chi connectivity index (χ0) is 14.4. The first-order chi connectivity index (χ1) is 9.70. The van der Waals surface area contributed by atoms with E-state index in [9.17, 15) is 9.59 Å². The molecular formula is C15H19NO3S. The van der Waals surface area contributed by atoms with E-state index in [0.717, 1.165) is 6.42 Å². The Morgan fingerprint density at radius 3 is 2.95 bits per heavy atom. The highest BCUT2D eigenvalue weighted by atomic mass is 32.2. The van der Waals surface area contributed by atoms with Gasteiger partial charge in [-0.2, -0.15) is 0 Å². The van der Waals surface area contributed by atoms with E-state index in [1.807, 2.05) is 18.2 Å². The van der Waals surface area contributed by atoms with Gasteiger partial charge in [-0.25, -0.2) is 0 Å². The van der Waals surface area contributed by atoms with E-state index in [-0.39, 0.29) is 17.1 Å². The summed E-state index contributed by atoms with van der Waals surface area (Å²) in [6.07, 6.45) is 1.76. The summed E-state index contributed by atoms with van der Waals surface area (Å²) in [5, 5.41) is 2.84. The van der Waals surface area contributed by atoms with Crippen molar-refractivity contribution in [1.29, 1.82) is 0 Å². The monoisotopic (exact) mass is 293 g/mol. The number of nitrogens with one attached hydrogen (secondary N) is 1. The number of rotatable bonds is 6. The van der Waals surface area contributed by atoms with Gasteiger partial charge in [0.1, 0.15) is 0 Å². The lowest BCUT2D eigenvalue weighted by molar-refractivity contribution is -0.143. The molecule has 0 aliphatic carbocycles. The average Bonchev–Trinajstić information content (AvgIpc) is 2.87. The predicted octanol–water partition coefficient (Wildman–Crippen LogP) is 2.16. The van der Waals surface area contributed by atoms with Crippen LogP contribution in [-0.4, -0.2) is 30.3 Å². The molecule has 1 unspecified atom stereocenters. The van der Waals surface area contributed by atoms with Crippen LogP contribution >= 0.6 is 11.8 Å². The SMILES string of the molecule is CCOC(=O)CCCNC(=O)C1Cc2ccccc2S1. The van der Waals surface area contributed by atoms with Crippen LogP contribution in [0.15, 0.2) is 29.2 Å². The van der Waals surface area contributed by atoms with E-state index < -0.39 is 0 Å². The molecule has 0 saturated heterocycles. The minimum absolute atomic E-state index is 0.0463. The summed E-state index contributed by atoms with van der Waals surface area (Å²) in [4.78, 5) is 24.4. The smallest absolute Gasteiger partial charge is 0.305 e. The van der Waals surface area contributed by atoms with Crippen molar-refractivity contribution in [3.63, 3.8) is 0 Å². The summed E-state index contributed by atoms with van der Waals surface area (Å²) in [7, 11) is 0. The van der Waals surface area contributed by atoms with E-state index in [2.05, 4.69) is 11.4 Å². The summed E-state index contributed by atoms with van der Waals surface area (Å²) in [6, 6.07) is 8.11. The summed E-state index contributed by atoms with van der Waals surface area (Å²) in [5.41, 5.74) is 1.24. The molecule has 1 aliphatic rings. The van der Waals surface area contributed by atoms with Gasteiger partial charge in [0.25, 0.3) is 0 Å². The van der Waals surface area contributed by atoms with Gasteiger partial charge in [0.15, 0.2) is 0 Å². The lowest BCUT2D eigenvalue weighted by atomic mass is 10.1. The van der Waals surface area contributed by atoms with Crippen molar-refractivity contribution in [1.82, 2.24) is 5.32 Å². The number of fused-ring (bicyclic) bond motifs is 1. The van der Waals surface area contributed by atoms with Crippen molar-refractivity contribution < 1.29 is 14.3 Å². The van der Waals surface area contributed by atoms with Crippen LogP contribution in [0, 0.1) is 0 Å². The summed E-state index contributed by atoms with van der Waals surface area (Å²) >= 11 is 1.61. The molecule has 5 heteroatoms. The van der Waals surface area contributed by atoms with Crippen LogP contribution in [0.25, 0.3) is 0 Å². The molecule has 1 aromatic carbocycles. The number of hydrogen-bond acceptors (Lipinski definition) is 4. The Kier molecular flexibility index (Phi) is 5.47. The lowest BCUT2D eigenvalue weighted by Gasteiger charge is -2.09. The quantitative estimate of drug-likeness (QED) is 0.645. The molecule has 0 radical (unpaired) electrons. The van der Waals surface area contributed by atoms with Gasteiger partial charge in [0.2, 0.25) is 5.91 Å². The maximum absolute atomic E-state index is 12.0. The number of thioether (sulfide) groups is 1. The summed E-state index contributed by atoms with van der Waals surface area (Å²) < 4.78 is 4.84. The highest BCUT2D eigenvalue weighted by Gasteiger charge is 2.27. The number of amides is 1. The fourth-order valence-electron chi connectivity index (χ4n) is 2.12. The molecule has 4 nitrogen and oxygen atoms in total. The second-order valence-electron chi connectivity index (χ2n) is 4.62. The van der Waals surface area contributed by atoms with Crippen molar-refractivity contribution in [3.05, 3.63) is 29.8 Å². The van der Waals surface area contributed by atoms with E-state index >= 15 is 0 Å². The molecule has 0 saturated carbocycles. The van der Waals surface area contributed by atoms with Crippen LogP contribution < -0.4 is 5.32 Å². The van der Waals surface area contributed by atoms with Crippen molar-refractivity contribution in [2.45, 2.75) is 36.3 Å². The normalized spacial score (nSPS) is 16.6. The van der Waals surface area contributed by atoms with Crippen LogP contribution in [-0.2, 0) is 20.7 Å². The van der Waals surface area contributed by atoms with Crippen LogP contribution in [0.2, 0.25) is 0 Å². The molecule has 1 N–H and O–H groups in total. The number of hydrogen-bond donors (Lipinski definition) is 1. The number of carbonyl (C=O) groups excluding carboxylic acids is 2. The Hall–Kier alpha value is -1.49. The Bertz CT molecular complexity index is 465. The Balaban J connectivity index is 1.68. The molecule has 0 bridgehead atoms. The molecule has 108 valence electrons. The van der Waals surface area contributed by atoms with Crippen LogP contribution in [0.1, 0.15) is 25.3 Å². The number of carbonyl (C=O) groups is 2. The number of ether oxygens (including phenoxy) is 1. The van der Waals surface area contributed by atoms with Gasteiger partial charge in [0.05, 0.1) is 11.9 Å². The molecule has 1 amide bonds. The molecule has 0 fully saturated rings. The van der Waals surface area contributed by atoms with Crippen molar-refractivity contribution in [3.8, 4) is 0 Å². The standard InChI is InChI=1S/C15H19NO3S/c1-2-19-14(17)8-5-9-16-15(18)13-10-11-6-3-4-7-12(11)20-13/h3-4,6-7,13H,2,5,8-10H2,1H3,(H,16,18). The first kappa shape index (κ1) is 14.9. The third-order valence-electron chi connectivity index (χ3n) is 3.10. The molecule has 1 aliphatic heterocycles. The molecule has 0 spiro atoms. The van der Waals surface area contributed by atoms with Crippen molar-refractivity contribution in [2.24, 2.45) is 0 Å². The van der Waals surface area contributed by atoms with Crippen molar-refractivity contribution in [2.75, 3.05) is 13.2 Å². The van der Waals surface area contributed by atoms with E-state index in [4.69, 9.17) is 4.74 Å². The molecule has 0 aromatic heterocycles. The Morgan fingerprint density at radius 2 is 2.20 bits per heavy atom.